The Morgan fingerprint density at radius 3 is 2.14 bits per heavy atom. The summed E-state index contributed by atoms with van der Waals surface area (Å²) in [5, 5.41) is 5.41. The Bertz CT molecular complexity index is 754. The third-order valence-corrected chi connectivity index (χ3v) is 6.65. The standard InChI is InChI=1S/C22H28N2O5/c1-28-18-4-2-17(3-5-18)24-19(25)13-29-20(26)12-23-21(27)22-9-14-6-15(10-22)8-16(7-14)11-22/h2-5,14-16H,6-13H2,1H3,(H,23,27)(H,24,25). The number of carbonyl (C=O) groups is 3. The number of amides is 2. The number of anilines is 1. The third kappa shape index (κ3) is 4.38. The fourth-order valence-electron chi connectivity index (χ4n) is 5.80. The van der Waals surface area contributed by atoms with Crippen molar-refractivity contribution in [3.63, 3.8) is 0 Å². The molecule has 4 aliphatic rings. The van der Waals surface area contributed by atoms with Gasteiger partial charge in [0.25, 0.3) is 5.91 Å². The maximum Gasteiger partial charge on any atom is 0.325 e. The summed E-state index contributed by atoms with van der Waals surface area (Å²) in [6.07, 6.45) is 6.63. The molecule has 2 amide bonds. The van der Waals surface area contributed by atoms with Gasteiger partial charge in [-0.05, 0) is 80.5 Å². The van der Waals surface area contributed by atoms with E-state index in [1.807, 2.05) is 0 Å². The molecule has 5 rings (SSSR count). The maximum atomic E-state index is 12.8. The molecule has 0 aliphatic heterocycles. The van der Waals surface area contributed by atoms with Crippen LogP contribution in [-0.4, -0.2) is 38.0 Å². The Morgan fingerprint density at radius 2 is 1.59 bits per heavy atom. The van der Waals surface area contributed by atoms with Gasteiger partial charge < -0.3 is 20.1 Å². The molecular formula is C22H28N2O5. The molecule has 0 atom stereocenters. The third-order valence-electron chi connectivity index (χ3n) is 6.65. The van der Waals surface area contributed by atoms with E-state index in [4.69, 9.17) is 9.47 Å². The fraction of sp³-hybridized carbons (Fsp3) is 0.591. The molecule has 1 aromatic carbocycles. The van der Waals surface area contributed by atoms with Crippen LogP contribution in [0.1, 0.15) is 38.5 Å². The molecule has 7 nitrogen and oxygen atoms in total. The molecule has 4 aliphatic carbocycles. The highest BCUT2D eigenvalue weighted by Gasteiger charge is 2.54. The first-order chi connectivity index (χ1) is 14.0. The highest BCUT2D eigenvalue weighted by atomic mass is 16.5. The lowest BCUT2D eigenvalue weighted by Crippen LogP contribution is -2.54. The van der Waals surface area contributed by atoms with Gasteiger partial charge >= 0.3 is 5.97 Å². The summed E-state index contributed by atoms with van der Waals surface area (Å²) in [7, 11) is 1.56. The Kier molecular flexibility index (Phi) is 5.48. The van der Waals surface area contributed by atoms with Gasteiger partial charge in [0.05, 0.1) is 7.11 Å². The zero-order chi connectivity index (χ0) is 20.4. The van der Waals surface area contributed by atoms with Crippen molar-refractivity contribution >= 4 is 23.5 Å². The molecule has 4 bridgehead atoms. The molecule has 0 unspecified atom stereocenters. The van der Waals surface area contributed by atoms with Crippen molar-refractivity contribution in [2.45, 2.75) is 38.5 Å². The van der Waals surface area contributed by atoms with E-state index >= 15 is 0 Å². The van der Waals surface area contributed by atoms with Crippen LogP contribution in [0.4, 0.5) is 5.69 Å². The van der Waals surface area contributed by atoms with Gasteiger partial charge in [0.15, 0.2) is 6.61 Å². The predicted molar refractivity (Wildman–Crippen MR) is 106 cm³/mol. The van der Waals surface area contributed by atoms with Crippen molar-refractivity contribution < 1.29 is 23.9 Å². The second-order valence-corrected chi connectivity index (χ2v) is 8.82. The first-order valence-electron chi connectivity index (χ1n) is 10.3. The van der Waals surface area contributed by atoms with Gasteiger partial charge in [0.1, 0.15) is 12.3 Å². The van der Waals surface area contributed by atoms with Crippen LogP contribution < -0.4 is 15.4 Å². The molecule has 1 aromatic rings. The van der Waals surface area contributed by atoms with E-state index in [0.29, 0.717) is 29.2 Å². The maximum absolute atomic E-state index is 12.8. The summed E-state index contributed by atoms with van der Waals surface area (Å²) in [6, 6.07) is 6.84. The van der Waals surface area contributed by atoms with Crippen LogP contribution >= 0.6 is 0 Å². The van der Waals surface area contributed by atoms with Crippen LogP contribution in [-0.2, 0) is 19.1 Å². The number of rotatable bonds is 7. The zero-order valence-electron chi connectivity index (χ0n) is 16.7. The number of hydrogen-bond acceptors (Lipinski definition) is 5. The van der Waals surface area contributed by atoms with Crippen molar-refractivity contribution in [2.75, 3.05) is 25.6 Å². The largest absolute Gasteiger partial charge is 0.497 e. The normalized spacial score (nSPS) is 29.2. The minimum Gasteiger partial charge on any atom is -0.497 e. The van der Waals surface area contributed by atoms with E-state index in [9.17, 15) is 14.4 Å². The smallest absolute Gasteiger partial charge is 0.325 e. The Morgan fingerprint density at radius 1 is 1.00 bits per heavy atom. The summed E-state index contributed by atoms with van der Waals surface area (Å²) in [5.41, 5.74) is 0.294. The van der Waals surface area contributed by atoms with Crippen LogP contribution in [0.5, 0.6) is 5.75 Å². The predicted octanol–water partition coefficient (Wildman–Crippen LogP) is 2.51. The molecule has 4 fully saturated rings. The second kappa shape index (κ2) is 8.05. The number of ether oxygens (including phenoxy) is 2. The van der Waals surface area contributed by atoms with Crippen molar-refractivity contribution in [3.8, 4) is 5.75 Å². The van der Waals surface area contributed by atoms with Gasteiger partial charge in [-0.1, -0.05) is 0 Å². The first kappa shape index (κ1) is 19.7. The molecule has 7 heteroatoms. The van der Waals surface area contributed by atoms with Crippen molar-refractivity contribution in [1.82, 2.24) is 5.32 Å². The molecule has 4 saturated carbocycles. The van der Waals surface area contributed by atoms with E-state index in [1.54, 1.807) is 31.4 Å². The van der Waals surface area contributed by atoms with E-state index in [1.165, 1.54) is 19.3 Å². The topological polar surface area (TPSA) is 93.7 Å². The highest BCUT2D eigenvalue weighted by Crippen LogP contribution is 2.60. The molecule has 0 saturated heterocycles. The highest BCUT2D eigenvalue weighted by molar-refractivity contribution is 5.93. The monoisotopic (exact) mass is 400 g/mol. The molecule has 2 N–H and O–H groups in total. The zero-order valence-corrected chi connectivity index (χ0v) is 16.7. The second-order valence-electron chi connectivity index (χ2n) is 8.82. The van der Waals surface area contributed by atoms with Crippen LogP contribution in [0.2, 0.25) is 0 Å². The van der Waals surface area contributed by atoms with Gasteiger partial charge in [0, 0.05) is 11.1 Å². The number of hydrogen-bond donors (Lipinski definition) is 2. The minimum absolute atomic E-state index is 0.0174. The lowest BCUT2D eigenvalue weighted by Gasteiger charge is -2.55. The van der Waals surface area contributed by atoms with Crippen LogP contribution in [0.15, 0.2) is 24.3 Å². The molecule has 0 spiro atoms. The minimum atomic E-state index is -0.604. The molecule has 0 radical (unpaired) electrons. The SMILES string of the molecule is COc1ccc(NC(=O)COC(=O)CNC(=O)C23CC4CC(CC(C4)C2)C3)cc1. The Balaban J connectivity index is 1.20. The van der Waals surface area contributed by atoms with Gasteiger partial charge in [-0.2, -0.15) is 0 Å². The van der Waals surface area contributed by atoms with Crippen LogP contribution in [0.25, 0.3) is 0 Å². The summed E-state index contributed by atoms with van der Waals surface area (Å²) in [6.45, 7) is -0.589. The average molecular weight is 400 g/mol. The molecule has 29 heavy (non-hydrogen) atoms. The van der Waals surface area contributed by atoms with E-state index < -0.39 is 18.5 Å². The fourth-order valence-corrected chi connectivity index (χ4v) is 5.80. The summed E-state index contributed by atoms with van der Waals surface area (Å²) in [4.78, 5) is 36.7. The number of methoxy groups -OCH3 is 1. The van der Waals surface area contributed by atoms with Crippen molar-refractivity contribution in [3.05, 3.63) is 24.3 Å². The molecule has 0 aromatic heterocycles. The van der Waals surface area contributed by atoms with Gasteiger partial charge in [-0.3, -0.25) is 14.4 Å². The molecule has 0 heterocycles. The number of benzene rings is 1. The quantitative estimate of drug-likeness (QED) is 0.686. The number of carbonyl (C=O) groups excluding carboxylic acids is 3. The van der Waals surface area contributed by atoms with Crippen LogP contribution in [0.3, 0.4) is 0 Å². The van der Waals surface area contributed by atoms with Crippen LogP contribution in [0, 0.1) is 23.2 Å². The lowest BCUT2D eigenvalue weighted by molar-refractivity contribution is -0.152. The summed E-state index contributed by atoms with van der Waals surface area (Å²) in [5.74, 6) is 1.63. The van der Waals surface area contributed by atoms with Crippen molar-refractivity contribution in [2.24, 2.45) is 23.2 Å². The van der Waals surface area contributed by atoms with E-state index in [0.717, 1.165) is 19.3 Å². The lowest BCUT2D eigenvalue weighted by atomic mass is 9.49. The first-order valence-corrected chi connectivity index (χ1v) is 10.3. The van der Waals surface area contributed by atoms with Gasteiger partial charge in [-0.15, -0.1) is 0 Å². The van der Waals surface area contributed by atoms with Gasteiger partial charge in [-0.25, -0.2) is 0 Å². The number of nitrogens with one attached hydrogen (secondary N) is 2. The molecule has 156 valence electrons. The van der Waals surface area contributed by atoms with E-state index in [-0.39, 0.29) is 17.9 Å². The van der Waals surface area contributed by atoms with Crippen molar-refractivity contribution in [1.29, 1.82) is 0 Å². The van der Waals surface area contributed by atoms with E-state index in [2.05, 4.69) is 10.6 Å². The summed E-state index contributed by atoms with van der Waals surface area (Å²) >= 11 is 0. The number of esters is 1. The summed E-state index contributed by atoms with van der Waals surface area (Å²) < 4.78 is 10.1. The Hall–Kier alpha value is -2.57. The average Bonchev–Trinajstić information content (AvgIpc) is 2.70. The van der Waals surface area contributed by atoms with Gasteiger partial charge in [0.2, 0.25) is 5.91 Å². The molecular weight excluding hydrogens is 372 g/mol. The Labute approximate surface area is 170 Å².